The van der Waals surface area contributed by atoms with Crippen LogP contribution in [-0.4, -0.2) is 13.1 Å². The normalized spacial score (nSPS) is 20.3. The summed E-state index contributed by atoms with van der Waals surface area (Å²) in [5.74, 6) is 1.65. The molecule has 0 aliphatic carbocycles. The Kier molecular flexibility index (Phi) is 4.53. The molecule has 1 aliphatic rings. The second kappa shape index (κ2) is 5.75. The van der Waals surface area contributed by atoms with Gasteiger partial charge < -0.3 is 4.90 Å². The number of halogens is 2. The van der Waals surface area contributed by atoms with Gasteiger partial charge in [-0.2, -0.15) is 0 Å². The molecule has 1 aliphatic heterocycles. The third-order valence-electron chi connectivity index (χ3n) is 3.71. The number of benzene rings is 1. The molecule has 0 spiro atoms. The molecule has 0 N–H and O–H groups in total. The van der Waals surface area contributed by atoms with Crippen LogP contribution in [0, 0.1) is 11.8 Å². The Hall–Kier alpha value is -0.0200. The summed E-state index contributed by atoms with van der Waals surface area (Å²) in [6.07, 6.45) is 1.33. The predicted octanol–water partition coefficient (Wildman–Crippen LogP) is 4.83. The fourth-order valence-electron chi connectivity index (χ4n) is 2.41. The number of hydrogen-bond donors (Lipinski definition) is 0. The largest absolute Gasteiger partial charge is 0.371 e. The molecule has 0 saturated carbocycles. The fourth-order valence-corrected chi connectivity index (χ4v) is 3.78. The SMILES string of the molecule is CC(C)C1CCN(c2ccc(CBr)c(Br)c2)C1. The zero-order chi connectivity index (χ0) is 12.4. The summed E-state index contributed by atoms with van der Waals surface area (Å²) in [5.41, 5.74) is 2.66. The minimum absolute atomic E-state index is 0.797. The van der Waals surface area contributed by atoms with E-state index in [0.29, 0.717) is 0 Å². The van der Waals surface area contributed by atoms with Crippen molar-refractivity contribution in [1.82, 2.24) is 0 Å². The number of hydrogen-bond acceptors (Lipinski definition) is 1. The van der Waals surface area contributed by atoms with Gasteiger partial charge in [-0.1, -0.05) is 51.8 Å². The van der Waals surface area contributed by atoms with Gasteiger partial charge >= 0.3 is 0 Å². The van der Waals surface area contributed by atoms with E-state index in [9.17, 15) is 0 Å². The van der Waals surface area contributed by atoms with Crippen molar-refractivity contribution in [3.8, 4) is 0 Å². The van der Waals surface area contributed by atoms with Crippen molar-refractivity contribution < 1.29 is 0 Å². The van der Waals surface area contributed by atoms with Crippen LogP contribution in [0.2, 0.25) is 0 Å². The van der Waals surface area contributed by atoms with Crippen LogP contribution in [0.1, 0.15) is 25.8 Å². The lowest BCUT2D eigenvalue weighted by atomic mass is 9.95. The zero-order valence-electron chi connectivity index (χ0n) is 10.4. The van der Waals surface area contributed by atoms with E-state index in [2.05, 4.69) is 68.8 Å². The first-order valence-corrected chi connectivity index (χ1v) is 8.12. The molecule has 0 radical (unpaired) electrons. The molecule has 1 heterocycles. The number of anilines is 1. The summed E-state index contributed by atoms with van der Waals surface area (Å²) in [6.45, 7) is 7.07. The van der Waals surface area contributed by atoms with Crippen molar-refractivity contribution in [3.05, 3.63) is 28.2 Å². The van der Waals surface area contributed by atoms with Gasteiger partial charge in [-0.3, -0.25) is 0 Å². The van der Waals surface area contributed by atoms with Gasteiger partial charge in [0, 0.05) is 28.6 Å². The van der Waals surface area contributed by atoms with E-state index in [4.69, 9.17) is 0 Å². The Morgan fingerprint density at radius 2 is 2.18 bits per heavy atom. The first-order chi connectivity index (χ1) is 8.11. The van der Waals surface area contributed by atoms with E-state index in [-0.39, 0.29) is 0 Å². The average molecular weight is 361 g/mol. The lowest BCUT2D eigenvalue weighted by Gasteiger charge is -2.20. The van der Waals surface area contributed by atoms with Gasteiger partial charge in [0.15, 0.2) is 0 Å². The predicted molar refractivity (Wildman–Crippen MR) is 81.9 cm³/mol. The van der Waals surface area contributed by atoms with Crippen LogP contribution in [0.5, 0.6) is 0 Å². The van der Waals surface area contributed by atoms with Gasteiger partial charge in [-0.15, -0.1) is 0 Å². The van der Waals surface area contributed by atoms with E-state index >= 15 is 0 Å². The highest BCUT2D eigenvalue weighted by Gasteiger charge is 2.25. The Bertz CT molecular complexity index is 390. The third kappa shape index (κ3) is 3.05. The van der Waals surface area contributed by atoms with E-state index in [0.717, 1.165) is 17.2 Å². The summed E-state index contributed by atoms with van der Waals surface area (Å²) < 4.78 is 1.21. The van der Waals surface area contributed by atoms with Crippen molar-refractivity contribution in [2.24, 2.45) is 11.8 Å². The molecule has 1 aromatic carbocycles. The van der Waals surface area contributed by atoms with Crippen molar-refractivity contribution >= 4 is 37.5 Å². The minimum Gasteiger partial charge on any atom is -0.371 e. The van der Waals surface area contributed by atoms with Crippen molar-refractivity contribution in [3.63, 3.8) is 0 Å². The fraction of sp³-hybridized carbons (Fsp3) is 0.571. The second-order valence-electron chi connectivity index (χ2n) is 5.15. The monoisotopic (exact) mass is 359 g/mol. The van der Waals surface area contributed by atoms with Gasteiger partial charge in [0.1, 0.15) is 0 Å². The van der Waals surface area contributed by atoms with Crippen molar-refractivity contribution in [2.45, 2.75) is 25.6 Å². The highest BCUT2D eigenvalue weighted by molar-refractivity contribution is 9.10. The van der Waals surface area contributed by atoms with Crippen LogP contribution in [-0.2, 0) is 5.33 Å². The Morgan fingerprint density at radius 1 is 1.41 bits per heavy atom. The van der Waals surface area contributed by atoms with Gasteiger partial charge in [0.2, 0.25) is 0 Å². The quantitative estimate of drug-likeness (QED) is 0.698. The molecule has 1 saturated heterocycles. The van der Waals surface area contributed by atoms with Gasteiger partial charge in [0.05, 0.1) is 0 Å². The zero-order valence-corrected chi connectivity index (χ0v) is 13.6. The molecule has 94 valence electrons. The molecule has 2 rings (SSSR count). The summed E-state index contributed by atoms with van der Waals surface area (Å²) in [6, 6.07) is 6.69. The van der Waals surface area contributed by atoms with Crippen molar-refractivity contribution in [1.29, 1.82) is 0 Å². The van der Waals surface area contributed by atoms with E-state index in [1.165, 1.54) is 35.2 Å². The average Bonchev–Trinajstić information content (AvgIpc) is 2.78. The number of rotatable bonds is 3. The van der Waals surface area contributed by atoms with Crippen LogP contribution in [0.4, 0.5) is 5.69 Å². The molecule has 1 aromatic rings. The van der Waals surface area contributed by atoms with E-state index in [1.807, 2.05) is 0 Å². The van der Waals surface area contributed by atoms with E-state index in [1.54, 1.807) is 0 Å². The number of alkyl halides is 1. The van der Waals surface area contributed by atoms with Gasteiger partial charge in [0.25, 0.3) is 0 Å². The summed E-state index contributed by atoms with van der Waals surface area (Å²) in [7, 11) is 0. The molecule has 3 heteroatoms. The Balaban J connectivity index is 2.11. The van der Waals surface area contributed by atoms with E-state index < -0.39 is 0 Å². The lowest BCUT2D eigenvalue weighted by Crippen LogP contribution is -2.21. The Labute approximate surface area is 121 Å². The standard InChI is InChI=1S/C14H19Br2N/c1-10(2)12-5-6-17(9-12)13-4-3-11(8-15)14(16)7-13/h3-4,7,10,12H,5-6,8-9H2,1-2H3. The molecule has 1 atom stereocenters. The molecule has 1 nitrogen and oxygen atoms in total. The minimum atomic E-state index is 0.797. The lowest BCUT2D eigenvalue weighted by molar-refractivity contribution is 0.423. The molecule has 0 amide bonds. The second-order valence-corrected chi connectivity index (χ2v) is 6.56. The summed E-state index contributed by atoms with van der Waals surface area (Å²) >= 11 is 7.14. The van der Waals surface area contributed by atoms with Crippen LogP contribution in [0.25, 0.3) is 0 Å². The van der Waals surface area contributed by atoms with Crippen LogP contribution in [0.15, 0.2) is 22.7 Å². The van der Waals surface area contributed by atoms with Gasteiger partial charge in [-0.25, -0.2) is 0 Å². The highest BCUT2D eigenvalue weighted by atomic mass is 79.9. The first-order valence-electron chi connectivity index (χ1n) is 6.21. The molecule has 1 unspecified atom stereocenters. The van der Waals surface area contributed by atoms with Crippen molar-refractivity contribution in [2.75, 3.05) is 18.0 Å². The maximum absolute atomic E-state index is 3.64. The molecule has 17 heavy (non-hydrogen) atoms. The van der Waals surface area contributed by atoms with Crippen LogP contribution < -0.4 is 4.90 Å². The molecular weight excluding hydrogens is 342 g/mol. The molecular formula is C14H19Br2N. The van der Waals surface area contributed by atoms with Crippen LogP contribution in [0.3, 0.4) is 0 Å². The summed E-state index contributed by atoms with van der Waals surface area (Å²) in [5, 5.41) is 0.905. The summed E-state index contributed by atoms with van der Waals surface area (Å²) in [4.78, 5) is 2.51. The highest BCUT2D eigenvalue weighted by Crippen LogP contribution is 2.31. The molecule has 0 bridgehead atoms. The molecule has 1 fully saturated rings. The Morgan fingerprint density at radius 3 is 2.71 bits per heavy atom. The van der Waals surface area contributed by atoms with Crippen LogP contribution >= 0.6 is 31.9 Å². The smallest absolute Gasteiger partial charge is 0.0377 e. The maximum Gasteiger partial charge on any atom is 0.0377 e. The topological polar surface area (TPSA) is 3.24 Å². The maximum atomic E-state index is 3.64. The third-order valence-corrected chi connectivity index (χ3v) is 5.06. The first kappa shape index (κ1) is 13.4. The van der Waals surface area contributed by atoms with Gasteiger partial charge in [-0.05, 0) is 36.0 Å². The number of nitrogens with zero attached hydrogens (tertiary/aromatic N) is 1. The molecule has 0 aromatic heterocycles.